The van der Waals surface area contributed by atoms with E-state index in [0.717, 1.165) is 22.6 Å². The molecule has 0 spiro atoms. The molecule has 0 amide bonds. The van der Waals surface area contributed by atoms with Crippen LogP contribution in [0.4, 0.5) is 13.2 Å². The molecule has 0 aliphatic carbocycles. The van der Waals surface area contributed by atoms with Crippen LogP contribution in [0, 0.1) is 6.92 Å². The van der Waals surface area contributed by atoms with Crippen molar-refractivity contribution in [2.75, 3.05) is 6.61 Å². The van der Waals surface area contributed by atoms with Crippen molar-refractivity contribution in [2.24, 2.45) is 0 Å². The van der Waals surface area contributed by atoms with E-state index < -0.39 is 11.7 Å². The third kappa shape index (κ3) is 5.58. The second-order valence-corrected chi connectivity index (χ2v) is 8.01. The maximum Gasteiger partial charge on any atom is 0.416 e. The van der Waals surface area contributed by atoms with Crippen LogP contribution in [0.2, 0.25) is 5.02 Å². The molecule has 2 aromatic carbocycles. The van der Waals surface area contributed by atoms with Crippen LogP contribution in [0.15, 0.2) is 51.9 Å². The number of thioether (sulfide) groups is 1. The lowest BCUT2D eigenvalue weighted by Gasteiger charge is -2.11. The molecule has 30 heavy (non-hydrogen) atoms. The van der Waals surface area contributed by atoms with Gasteiger partial charge in [-0.1, -0.05) is 28.9 Å². The summed E-state index contributed by atoms with van der Waals surface area (Å²) in [5, 5.41) is 4.46. The quantitative estimate of drug-likeness (QED) is 0.376. The number of carbonyl (C=O) groups excluding carboxylic acids is 1. The molecule has 9 heteroatoms. The first-order valence-corrected chi connectivity index (χ1v) is 10.2. The minimum Gasteiger partial charge on any atom is -0.486 e. The van der Waals surface area contributed by atoms with Crippen LogP contribution in [0.5, 0.6) is 5.75 Å². The number of aromatic nitrogens is 1. The number of ether oxygens (including phenoxy) is 1. The highest BCUT2D eigenvalue weighted by atomic mass is 35.5. The molecule has 0 radical (unpaired) electrons. The molecule has 3 rings (SSSR count). The van der Waals surface area contributed by atoms with Crippen molar-refractivity contribution in [3.05, 3.63) is 64.3 Å². The highest BCUT2D eigenvalue weighted by Gasteiger charge is 2.30. The first-order valence-electron chi connectivity index (χ1n) is 8.82. The van der Waals surface area contributed by atoms with Gasteiger partial charge in [-0.2, -0.15) is 13.2 Å². The fourth-order valence-corrected chi connectivity index (χ4v) is 3.79. The summed E-state index contributed by atoms with van der Waals surface area (Å²) in [6.45, 7) is 3.28. The van der Waals surface area contributed by atoms with Crippen LogP contribution in [0.3, 0.4) is 0 Å². The van der Waals surface area contributed by atoms with Crippen LogP contribution in [0.25, 0.3) is 11.3 Å². The number of benzene rings is 2. The van der Waals surface area contributed by atoms with Gasteiger partial charge in [0.05, 0.1) is 16.3 Å². The van der Waals surface area contributed by atoms with Crippen LogP contribution >= 0.6 is 23.4 Å². The molecule has 0 saturated heterocycles. The number of nitrogens with zero attached hydrogens (tertiary/aromatic N) is 1. The second kappa shape index (κ2) is 9.14. The third-order valence-corrected chi connectivity index (χ3v) is 5.61. The van der Waals surface area contributed by atoms with Gasteiger partial charge in [0.1, 0.15) is 12.4 Å². The monoisotopic (exact) mass is 455 g/mol. The summed E-state index contributed by atoms with van der Waals surface area (Å²) in [6.07, 6.45) is -4.38. The SMILES string of the molecule is CC(=O)COc1cc(Cl)c(SCc2cc(-c3ccc(C(F)(F)F)cc3)on2)cc1C. The molecule has 0 N–H and O–H groups in total. The lowest BCUT2D eigenvalue weighted by Crippen LogP contribution is -2.07. The zero-order valence-electron chi connectivity index (χ0n) is 16.0. The first kappa shape index (κ1) is 22.2. The van der Waals surface area contributed by atoms with Crippen LogP contribution in [-0.4, -0.2) is 17.5 Å². The predicted octanol–water partition coefficient (Wildman–Crippen LogP) is 6.58. The molecule has 0 fully saturated rings. The molecule has 0 unspecified atom stereocenters. The zero-order valence-corrected chi connectivity index (χ0v) is 17.6. The third-order valence-electron chi connectivity index (χ3n) is 4.09. The van der Waals surface area contributed by atoms with Gasteiger partial charge < -0.3 is 9.26 Å². The summed E-state index contributed by atoms with van der Waals surface area (Å²) in [4.78, 5) is 11.9. The fourth-order valence-electron chi connectivity index (χ4n) is 2.57. The van der Waals surface area contributed by atoms with Crippen molar-refractivity contribution in [3.63, 3.8) is 0 Å². The van der Waals surface area contributed by atoms with Crippen LogP contribution in [0.1, 0.15) is 23.7 Å². The van der Waals surface area contributed by atoms with Crippen molar-refractivity contribution < 1.29 is 27.2 Å². The van der Waals surface area contributed by atoms with Crippen molar-refractivity contribution in [1.29, 1.82) is 0 Å². The molecule has 1 aromatic heterocycles. The molecule has 4 nitrogen and oxygen atoms in total. The van der Waals surface area contributed by atoms with E-state index in [4.69, 9.17) is 20.9 Å². The van der Waals surface area contributed by atoms with E-state index in [2.05, 4.69) is 5.16 Å². The number of carbonyl (C=O) groups is 1. The van der Waals surface area contributed by atoms with Crippen LogP contribution in [-0.2, 0) is 16.7 Å². The minimum absolute atomic E-state index is 0.0185. The number of hydrogen-bond donors (Lipinski definition) is 0. The summed E-state index contributed by atoms with van der Waals surface area (Å²) >= 11 is 7.75. The van der Waals surface area contributed by atoms with Gasteiger partial charge in [-0.15, -0.1) is 11.8 Å². The van der Waals surface area contributed by atoms with E-state index >= 15 is 0 Å². The fraction of sp³-hybridized carbons (Fsp3) is 0.238. The van der Waals surface area contributed by atoms with E-state index in [1.165, 1.54) is 30.8 Å². The van der Waals surface area contributed by atoms with E-state index in [9.17, 15) is 18.0 Å². The Kier molecular flexibility index (Phi) is 6.77. The standard InChI is InChI=1S/C21H17ClF3NO3S/c1-12-7-20(17(22)9-18(12)28-10-13(2)27)30-11-16-8-19(29-26-16)14-3-5-15(6-4-14)21(23,24)25/h3-9H,10-11H2,1-2H3. The van der Waals surface area contributed by atoms with Gasteiger partial charge in [0.15, 0.2) is 11.5 Å². The Hall–Kier alpha value is -2.45. The molecule has 1 heterocycles. The lowest BCUT2D eigenvalue weighted by molar-refractivity contribution is -0.137. The zero-order chi connectivity index (χ0) is 21.9. The number of ketones is 1. The maximum absolute atomic E-state index is 12.7. The Labute approximate surface area is 180 Å². The van der Waals surface area contributed by atoms with Gasteiger partial charge in [0, 0.05) is 28.3 Å². The van der Waals surface area contributed by atoms with Gasteiger partial charge in [-0.3, -0.25) is 4.79 Å². The molecule has 158 valence electrons. The maximum atomic E-state index is 12.7. The minimum atomic E-state index is -4.38. The van der Waals surface area contributed by atoms with E-state index in [-0.39, 0.29) is 12.4 Å². The van der Waals surface area contributed by atoms with Crippen molar-refractivity contribution in [3.8, 4) is 17.1 Å². The topological polar surface area (TPSA) is 52.3 Å². The van der Waals surface area contributed by atoms with Crippen LogP contribution < -0.4 is 4.74 Å². The number of halogens is 4. The average Bonchev–Trinajstić information content (AvgIpc) is 3.15. The smallest absolute Gasteiger partial charge is 0.416 e. The largest absolute Gasteiger partial charge is 0.486 e. The Morgan fingerprint density at radius 1 is 1.20 bits per heavy atom. The van der Waals surface area contributed by atoms with Crippen molar-refractivity contribution in [2.45, 2.75) is 30.7 Å². The molecular weight excluding hydrogens is 439 g/mol. The molecule has 0 atom stereocenters. The summed E-state index contributed by atoms with van der Waals surface area (Å²) in [5.41, 5.74) is 1.25. The Balaban J connectivity index is 1.67. The van der Waals surface area contributed by atoms with Gasteiger partial charge >= 0.3 is 6.18 Å². The Morgan fingerprint density at radius 3 is 2.53 bits per heavy atom. The van der Waals surface area contributed by atoms with Crippen molar-refractivity contribution >= 4 is 29.1 Å². The summed E-state index contributed by atoms with van der Waals surface area (Å²) < 4.78 is 48.7. The molecule has 0 saturated carbocycles. The predicted molar refractivity (Wildman–Crippen MR) is 109 cm³/mol. The number of aryl methyl sites for hydroxylation is 1. The molecule has 0 aliphatic rings. The number of Topliss-reactive ketones (excluding diaryl/α,β-unsaturated/α-hetero) is 1. The summed E-state index contributed by atoms with van der Waals surface area (Å²) in [7, 11) is 0. The Morgan fingerprint density at radius 2 is 1.90 bits per heavy atom. The van der Waals surface area contributed by atoms with Gasteiger partial charge in [-0.25, -0.2) is 0 Å². The second-order valence-electron chi connectivity index (χ2n) is 6.59. The van der Waals surface area contributed by atoms with E-state index in [1.54, 1.807) is 12.1 Å². The summed E-state index contributed by atoms with van der Waals surface area (Å²) in [5.74, 6) is 1.30. The van der Waals surface area contributed by atoms with Gasteiger partial charge in [-0.05, 0) is 37.6 Å². The normalized spacial score (nSPS) is 11.5. The lowest BCUT2D eigenvalue weighted by atomic mass is 10.1. The molecular formula is C21H17ClF3NO3S. The first-order chi connectivity index (χ1) is 14.1. The van der Waals surface area contributed by atoms with Crippen molar-refractivity contribution in [1.82, 2.24) is 5.16 Å². The average molecular weight is 456 g/mol. The highest BCUT2D eigenvalue weighted by molar-refractivity contribution is 7.98. The highest BCUT2D eigenvalue weighted by Crippen LogP contribution is 2.36. The van der Waals surface area contributed by atoms with Gasteiger partial charge in [0.2, 0.25) is 0 Å². The van der Waals surface area contributed by atoms with E-state index in [0.29, 0.717) is 33.5 Å². The number of rotatable bonds is 7. The molecule has 3 aromatic rings. The number of alkyl halides is 3. The Bertz CT molecular complexity index is 1050. The number of hydrogen-bond acceptors (Lipinski definition) is 5. The van der Waals surface area contributed by atoms with Gasteiger partial charge in [0.25, 0.3) is 0 Å². The molecule has 0 aliphatic heterocycles. The molecule has 0 bridgehead atoms. The van der Waals surface area contributed by atoms with E-state index in [1.807, 2.05) is 13.0 Å². The summed E-state index contributed by atoms with van der Waals surface area (Å²) in [6, 6.07) is 9.91.